The molecule has 0 amide bonds. The lowest BCUT2D eigenvalue weighted by molar-refractivity contribution is -0.137. The molecule has 1 aliphatic heterocycles. The molecule has 1 aliphatic rings. The summed E-state index contributed by atoms with van der Waals surface area (Å²) < 4.78 is 41.4. The third-order valence-electron chi connectivity index (χ3n) is 4.56. The lowest BCUT2D eigenvalue weighted by Crippen LogP contribution is -2.28. The van der Waals surface area contributed by atoms with Crippen molar-refractivity contribution in [3.8, 4) is 5.82 Å². The van der Waals surface area contributed by atoms with Gasteiger partial charge in [0.05, 0.1) is 5.56 Å². The number of anilines is 3. The molecule has 3 N–H and O–H groups in total. The predicted octanol–water partition coefficient (Wildman–Crippen LogP) is 2.95. The van der Waals surface area contributed by atoms with Crippen molar-refractivity contribution < 1.29 is 13.2 Å². The summed E-state index contributed by atoms with van der Waals surface area (Å²) >= 11 is 0. The van der Waals surface area contributed by atoms with Gasteiger partial charge in [0.2, 0.25) is 5.95 Å². The molecule has 0 bridgehead atoms. The number of nitrogens with two attached hydrogens (primary N) is 1. The number of rotatable bonds is 4. The van der Waals surface area contributed by atoms with E-state index in [0.29, 0.717) is 31.1 Å². The van der Waals surface area contributed by atoms with E-state index in [9.17, 15) is 13.2 Å². The largest absolute Gasteiger partial charge is 0.418 e. The van der Waals surface area contributed by atoms with Crippen molar-refractivity contribution >= 4 is 17.5 Å². The van der Waals surface area contributed by atoms with Crippen molar-refractivity contribution in [1.82, 2.24) is 19.7 Å². The normalized spacial score (nSPS) is 17.1. The second-order valence-corrected chi connectivity index (χ2v) is 6.51. The highest BCUT2D eigenvalue weighted by Gasteiger charge is 2.36. The van der Waals surface area contributed by atoms with Crippen LogP contribution in [0, 0.1) is 0 Å². The predicted molar refractivity (Wildman–Crippen MR) is 99.3 cm³/mol. The van der Waals surface area contributed by atoms with Gasteiger partial charge in [0.1, 0.15) is 5.82 Å². The minimum absolute atomic E-state index is 0.0685. The van der Waals surface area contributed by atoms with Crippen molar-refractivity contribution in [3.63, 3.8) is 0 Å². The van der Waals surface area contributed by atoms with E-state index in [-0.39, 0.29) is 17.7 Å². The first-order valence-electron chi connectivity index (χ1n) is 8.72. The molecule has 0 spiro atoms. The van der Waals surface area contributed by atoms with Gasteiger partial charge in [-0.3, -0.25) is 0 Å². The second-order valence-electron chi connectivity index (χ2n) is 6.51. The summed E-state index contributed by atoms with van der Waals surface area (Å²) in [6.45, 7) is 0.936. The number of alkyl halides is 3. The minimum atomic E-state index is -4.39. The molecule has 2 aromatic heterocycles. The van der Waals surface area contributed by atoms with Gasteiger partial charge in [-0.05, 0) is 24.6 Å². The van der Waals surface area contributed by atoms with Crippen LogP contribution in [0.4, 0.5) is 30.6 Å². The molecule has 1 atom stereocenters. The summed E-state index contributed by atoms with van der Waals surface area (Å²) in [4.78, 5) is 10.1. The Morgan fingerprint density at radius 3 is 2.71 bits per heavy atom. The highest BCUT2D eigenvalue weighted by molar-refractivity contribution is 5.56. The molecular weight excluding hydrogens is 371 g/mol. The lowest BCUT2D eigenvalue weighted by Gasteiger charge is -2.23. The van der Waals surface area contributed by atoms with Crippen LogP contribution >= 0.6 is 0 Å². The van der Waals surface area contributed by atoms with E-state index in [4.69, 9.17) is 5.73 Å². The molecule has 1 unspecified atom stereocenters. The molecule has 10 heteroatoms. The highest BCUT2D eigenvalue weighted by atomic mass is 19.4. The van der Waals surface area contributed by atoms with Crippen LogP contribution in [0.3, 0.4) is 0 Å². The summed E-state index contributed by atoms with van der Waals surface area (Å²) in [6, 6.07) is 9.03. The average Bonchev–Trinajstić information content (AvgIpc) is 3.32. The Balaban J connectivity index is 1.51. The van der Waals surface area contributed by atoms with Crippen LogP contribution in [-0.2, 0) is 6.18 Å². The topological polar surface area (TPSA) is 84.9 Å². The summed E-state index contributed by atoms with van der Waals surface area (Å²) in [5.41, 5.74) is 5.36. The van der Waals surface area contributed by atoms with E-state index in [1.807, 2.05) is 0 Å². The van der Waals surface area contributed by atoms with Gasteiger partial charge in [0, 0.05) is 43.3 Å². The number of nitrogens with zero attached hydrogens (tertiary/aromatic N) is 5. The van der Waals surface area contributed by atoms with Gasteiger partial charge in [-0.2, -0.15) is 28.2 Å². The Morgan fingerprint density at radius 2 is 1.96 bits per heavy atom. The molecule has 1 aromatic carbocycles. The fourth-order valence-corrected chi connectivity index (χ4v) is 3.34. The Morgan fingerprint density at radius 1 is 1.14 bits per heavy atom. The maximum absolute atomic E-state index is 13.3. The van der Waals surface area contributed by atoms with E-state index in [1.165, 1.54) is 12.1 Å². The summed E-state index contributed by atoms with van der Waals surface area (Å²) in [7, 11) is 0. The van der Waals surface area contributed by atoms with Gasteiger partial charge in [0.25, 0.3) is 0 Å². The van der Waals surface area contributed by atoms with E-state index in [1.54, 1.807) is 40.2 Å². The van der Waals surface area contributed by atoms with Crippen molar-refractivity contribution in [2.45, 2.75) is 18.6 Å². The molecule has 0 aliphatic carbocycles. The number of benzene rings is 1. The molecule has 3 aromatic rings. The smallest absolute Gasteiger partial charge is 0.369 e. The van der Waals surface area contributed by atoms with Gasteiger partial charge in [0.15, 0.2) is 5.82 Å². The van der Waals surface area contributed by atoms with Crippen LogP contribution < -0.4 is 16.0 Å². The van der Waals surface area contributed by atoms with Crippen LogP contribution in [-0.4, -0.2) is 38.9 Å². The maximum Gasteiger partial charge on any atom is 0.418 e. The van der Waals surface area contributed by atoms with Gasteiger partial charge >= 0.3 is 6.18 Å². The fourth-order valence-electron chi connectivity index (χ4n) is 3.34. The van der Waals surface area contributed by atoms with Gasteiger partial charge in [-0.15, -0.1) is 0 Å². The number of nitrogen functional groups attached to an aromatic ring is 1. The first-order chi connectivity index (χ1) is 13.4. The zero-order chi connectivity index (χ0) is 19.7. The number of para-hydroxylation sites is 1. The zero-order valence-corrected chi connectivity index (χ0v) is 14.8. The first-order valence-corrected chi connectivity index (χ1v) is 8.72. The van der Waals surface area contributed by atoms with Gasteiger partial charge in [-0.1, -0.05) is 12.1 Å². The molecular formula is C18H18F3N7. The molecule has 146 valence electrons. The SMILES string of the molecule is Nc1nc(NC2CCN(c3ccccc3C(F)(F)F)C2)cc(-n2cccn2)n1. The molecule has 1 saturated heterocycles. The number of nitrogens with one attached hydrogen (secondary N) is 1. The lowest BCUT2D eigenvalue weighted by atomic mass is 10.1. The molecule has 0 saturated carbocycles. The number of aromatic nitrogens is 4. The zero-order valence-electron chi connectivity index (χ0n) is 14.8. The Kier molecular flexibility index (Phi) is 4.54. The van der Waals surface area contributed by atoms with E-state index in [2.05, 4.69) is 20.4 Å². The third-order valence-corrected chi connectivity index (χ3v) is 4.56. The Hall–Kier alpha value is -3.30. The van der Waals surface area contributed by atoms with Crippen LogP contribution in [0.15, 0.2) is 48.8 Å². The van der Waals surface area contributed by atoms with Crippen molar-refractivity contribution in [1.29, 1.82) is 0 Å². The molecule has 3 heterocycles. The highest BCUT2D eigenvalue weighted by Crippen LogP contribution is 2.37. The van der Waals surface area contributed by atoms with Gasteiger partial charge < -0.3 is 16.0 Å². The molecule has 1 fully saturated rings. The molecule has 0 radical (unpaired) electrons. The monoisotopic (exact) mass is 389 g/mol. The van der Waals surface area contributed by atoms with Crippen molar-refractivity contribution in [2.75, 3.05) is 29.0 Å². The number of hydrogen-bond donors (Lipinski definition) is 2. The number of hydrogen-bond acceptors (Lipinski definition) is 6. The maximum atomic E-state index is 13.3. The standard InChI is InChI=1S/C18H18F3N7/c19-18(20,21)13-4-1-2-5-14(13)27-9-6-12(11-27)24-15-10-16(26-17(22)25-15)28-8-3-7-23-28/h1-5,7-8,10,12H,6,9,11H2,(H3,22,24,25,26). The minimum Gasteiger partial charge on any atom is -0.369 e. The molecule has 4 rings (SSSR count). The summed E-state index contributed by atoms with van der Waals surface area (Å²) in [6.07, 6.45) is -0.357. The second kappa shape index (κ2) is 7.02. The fraction of sp³-hybridized carbons (Fsp3) is 0.278. The van der Waals surface area contributed by atoms with Crippen LogP contribution in [0.2, 0.25) is 0 Å². The first kappa shape index (κ1) is 18.1. The van der Waals surface area contributed by atoms with Crippen molar-refractivity contribution in [3.05, 3.63) is 54.4 Å². The Bertz CT molecular complexity index is 956. The number of halogens is 3. The van der Waals surface area contributed by atoms with E-state index in [0.717, 1.165) is 6.07 Å². The quantitative estimate of drug-likeness (QED) is 0.714. The van der Waals surface area contributed by atoms with Crippen molar-refractivity contribution in [2.24, 2.45) is 0 Å². The summed E-state index contributed by atoms with van der Waals surface area (Å²) in [5.74, 6) is 1.11. The molecule has 28 heavy (non-hydrogen) atoms. The van der Waals surface area contributed by atoms with E-state index >= 15 is 0 Å². The van der Waals surface area contributed by atoms with Crippen LogP contribution in [0.5, 0.6) is 0 Å². The summed E-state index contributed by atoms with van der Waals surface area (Å²) in [5, 5.41) is 7.36. The van der Waals surface area contributed by atoms with Gasteiger partial charge in [-0.25, -0.2) is 4.68 Å². The van der Waals surface area contributed by atoms with E-state index < -0.39 is 11.7 Å². The van der Waals surface area contributed by atoms with Crippen LogP contribution in [0.1, 0.15) is 12.0 Å². The third kappa shape index (κ3) is 3.71. The Labute approximate surface area is 159 Å². The molecule has 7 nitrogen and oxygen atoms in total. The average molecular weight is 389 g/mol. The van der Waals surface area contributed by atoms with Crippen LogP contribution in [0.25, 0.3) is 5.82 Å².